The van der Waals surface area contributed by atoms with Crippen molar-refractivity contribution >= 4 is 34.8 Å². The van der Waals surface area contributed by atoms with Gasteiger partial charge in [0.25, 0.3) is 17.5 Å². The molecule has 29 heavy (non-hydrogen) atoms. The quantitative estimate of drug-likeness (QED) is 0.269. The lowest BCUT2D eigenvalue weighted by Gasteiger charge is -2.15. The topological polar surface area (TPSA) is 89.8 Å². The van der Waals surface area contributed by atoms with E-state index < -0.39 is 10.8 Å². The van der Waals surface area contributed by atoms with Gasteiger partial charge in [0.2, 0.25) is 0 Å². The highest BCUT2D eigenvalue weighted by molar-refractivity contribution is 8.04. The van der Waals surface area contributed by atoms with Gasteiger partial charge in [-0.2, -0.15) is 0 Å². The van der Waals surface area contributed by atoms with E-state index in [1.54, 1.807) is 0 Å². The fraction of sp³-hybridized carbons (Fsp3) is 0.238. The second kappa shape index (κ2) is 9.49. The Morgan fingerprint density at radius 2 is 1.72 bits per heavy atom. The highest BCUT2D eigenvalue weighted by Gasteiger charge is 2.39. The van der Waals surface area contributed by atoms with Crippen molar-refractivity contribution < 1.29 is 19.2 Å². The van der Waals surface area contributed by atoms with Gasteiger partial charge in [-0.15, -0.1) is 0 Å². The predicted octanol–water partition coefficient (Wildman–Crippen LogP) is 3.89. The van der Waals surface area contributed by atoms with Crippen molar-refractivity contribution in [2.45, 2.75) is 18.2 Å². The number of amides is 2. The van der Waals surface area contributed by atoms with Crippen LogP contribution in [-0.2, 0) is 14.3 Å². The Kier molecular flexibility index (Phi) is 6.79. The number of hydrogen-bond acceptors (Lipinski definition) is 6. The van der Waals surface area contributed by atoms with Crippen molar-refractivity contribution in [3.05, 3.63) is 75.2 Å². The molecule has 2 aromatic rings. The molecule has 3 rings (SSSR count). The number of nitro groups is 1. The molecule has 1 heterocycles. The maximum absolute atomic E-state index is 13.1. The van der Waals surface area contributed by atoms with Crippen LogP contribution < -0.4 is 0 Å². The second-order valence-corrected chi connectivity index (χ2v) is 7.32. The number of nitrogens with zero attached hydrogens (tertiary/aromatic N) is 2. The van der Waals surface area contributed by atoms with Gasteiger partial charge < -0.3 is 4.74 Å². The van der Waals surface area contributed by atoms with Crippen molar-refractivity contribution in [1.82, 2.24) is 4.90 Å². The molecule has 0 unspecified atom stereocenters. The number of ether oxygens (including phenoxy) is 1. The van der Waals surface area contributed by atoms with Crippen LogP contribution in [0, 0.1) is 10.1 Å². The number of rotatable bonds is 9. The lowest BCUT2D eigenvalue weighted by molar-refractivity contribution is -0.384. The van der Waals surface area contributed by atoms with E-state index in [4.69, 9.17) is 4.74 Å². The molecule has 0 saturated heterocycles. The molecule has 2 aromatic carbocycles. The molecule has 0 fully saturated rings. The molecular formula is C21H20N2O5S. The van der Waals surface area contributed by atoms with E-state index in [0.29, 0.717) is 30.1 Å². The Morgan fingerprint density at radius 3 is 2.34 bits per heavy atom. The number of imide groups is 1. The van der Waals surface area contributed by atoms with Crippen LogP contribution in [-0.4, -0.2) is 41.4 Å². The lowest BCUT2D eigenvalue weighted by Crippen LogP contribution is -2.33. The molecule has 0 atom stereocenters. The second-order valence-electron chi connectivity index (χ2n) is 6.24. The van der Waals surface area contributed by atoms with E-state index in [1.807, 2.05) is 37.3 Å². The van der Waals surface area contributed by atoms with Gasteiger partial charge in [-0.3, -0.25) is 24.6 Å². The molecule has 0 spiro atoms. The van der Waals surface area contributed by atoms with Crippen LogP contribution in [0.15, 0.2) is 64.4 Å². The molecule has 1 aliphatic heterocycles. The van der Waals surface area contributed by atoms with Crippen molar-refractivity contribution in [3.8, 4) is 0 Å². The zero-order chi connectivity index (χ0) is 20.8. The molecule has 0 aromatic heterocycles. The Morgan fingerprint density at radius 1 is 1.03 bits per heavy atom. The van der Waals surface area contributed by atoms with Crippen LogP contribution in [0.25, 0.3) is 5.57 Å². The number of benzene rings is 2. The van der Waals surface area contributed by atoms with Gasteiger partial charge in [0, 0.05) is 36.8 Å². The maximum Gasteiger partial charge on any atom is 0.269 e. The van der Waals surface area contributed by atoms with E-state index in [0.717, 1.165) is 4.90 Å². The first-order valence-electron chi connectivity index (χ1n) is 9.19. The maximum atomic E-state index is 13.1. The Bertz CT molecular complexity index is 941. The molecule has 0 radical (unpaired) electrons. The van der Waals surface area contributed by atoms with Crippen LogP contribution in [0.4, 0.5) is 5.69 Å². The summed E-state index contributed by atoms with van der Waals surface area (Å²) in [7, 11) is 0. The molecule has 0 bridgehead atoms. The van der Waals surface area contributed by atoms with E-state index in [1.165, 1.54) is 40.9 Å². The fourth-order valence-corrected chi connectivity index (χ4v) is 3.97. The average Bonchev–Trinajstić information content (AvgIpc) is 2.96. The molecule has 8 heteroatoms. The van der Waals surface area contributed by atoms with Crippen LogP contribution >= 0.6 is 11.8 Å². The minimum atomic E-state index is -0.501. The first kappa shape index (κ1) is 20.8. The summed E-state index contributed by atoms with van der Waals surface area (Å²) < 4.78 is 5.30. The standard InChI is InChI=1S/C21H20N2O5S/c1-2-28-14-6-13-22-20(24)18(15-9-11-16(12-10-15)23(26)27)19(21(22)25)29-17-7-4-3-5-8-17/h3-5,7-12H,2,6,13-14H2,1H3. The zero-order valence-electron chi connectivity index (χ0n) is 15.9. The fourth-order valence-electron chi connectivity index (χ4n) is 2.93. The first-order valence-corrected chi connectivity index (χ1v) is 10.0. The van der Waals surface area contributed by atoms with Crippen LogP contribution in [0.5, 0.6) is 0 Å². The number of thioether (sulfide) groups is 1. The molecular weight excluding hydrogens is 392 g/mol. The summed E-state index contributed by atoms with van der Waals surface area (Å²) in [6.45, 7) is 3.17. The van der Waals surface area contributed by atoms with Gasteiger partial charge in [0.1, 0.15) is 0 Å². The normalized spacial score (nSPS) is 14.0. The summed E-state index contributed by atoms with van der Waals surface area (Å²) in [4.78, 5) is 38.9. The monoisotopic (exact) mass is 412 g/mol. The van der Waals surface area contributed by atoms with Crippen molar-refractivity contribution in [2.24, 2.45) is 0 Å². The van der Waals surface area contributed by atoms with Crippen molar-refractivity contribution in [3.63, 3.8) is 0 Å². The van der Waals surface area contributed by atoms with Gasteiger partial charge in [-0.25, -0.2) is 0 Å². The van der Waals surface area contributed by atoms with Gasteiger partial charge in [0.15, 0.2) is 0 Å². The summed E-state index contributed by atoms with van der Waals surface area (Å²) in [5, 5.41) is 10.9. The van der Waals surface area contributed by atoms with Crippen LogP contribution in [0.1, 0.15) is 18.9 Å². The summed E-state index contributed by atoms with van der Waals surface area (Å²) >= 11 is 1.23. The summed E-state index contributed by atoms with van der Waals surface area (Å²) in [5.74, 6) is -0.743. The third-order valence-corrected chi connectivity index (χ3v) is 5.42. The van der Waals surface area contributed by atoms with Gasteiger partial charge in [0.05, 0.1) is 15.4 Å². The molecule has 0 saturated carbocycles. The minimum absolute atomic E-state index is 0.0723. The molecule has 0 N–H and O–H groups in total. The predicted molar refractivity (Wildman–Crippen MR) is 110 cm³/mol. The third kappa shape index (κ3) is 4.72. The highest BCUT2D eigenvalue weighted by atomic mass is 32.2. The first-order chi connectivity index (χ1) is 14.0. The minimum Gasteiger partial charge on any atom is -0.382 e. The van der Waals surface area contributed by atoms with Gasteiger partial charge in [-0.1, -0.05) is 30.0 Å². The van der Waals surface area contributed by atoms with E-state index in [2.05, 4.69) is 0 Å². The Labute approximate surface area is 172 Å². The Hall–Kier alpha value is -2.97. The smallest absolute Gasteiger partial charge is 0.269 e. The third-order valence-electron chi connectivity index (χ3n) is 4.33. The summed E-state index contributed by atoms with van der Waals surface area (Å²) in [5.41, 5.74) is 0.687. The molecule has 150 valence electrons. The van der Waals surface area contributed by atoms with Crippen molar-refractivity contribution in [1.29, 1.82) is 0 Å². The van der Waals surface area contributed by atoms with Crippen LogP contribution in [0.3, 0.4) is 0 Å². The number of carbonyl (C=O) groups excluding carboxylic acids is 2. The van der Waals surface area contributed by atoms with E-state index in [-0.39, 0.29) is 23.7 Å². The zero-order valence-corrected chi connectivity index (χ0v) is 16.7. The molecule has 0 aliphatic carbocycles. The summed E-state index contributed by atoms with van der Waals surface area (Å²) in [6.07, 6.45) is 0.544. The largest absolute Gasteiger partial charge is 0.382 e. The number of nitro benzene ring substituents is 1. The number of hydrogen-bond donors (Lipinski definition) is 0. The average molecular weight is 412 g/mol. The number of non-ortho nitro benzene ring substituents is 1. The number of carbonyl (C=O) groups is 2. The highest BCUT2D eigenvalue weighted by Crippen LogP contribution is 2.39. The van der Waals surface area contributed by atoms with Gasteiger partial charge >= 0.3 is 0 Å². The van der Waals surface area contributed by atoms with E-state index >= 15 is 0 Å². The van der Waals surface area contributed by atoms with Crippen LogP contribution in [0.2, 0.25) is 0 Å². The Balaban J connectivity index is 1.94. The van der Waals surface area contributed by atoms with Gasteiger partial charge in [-0.05, 0) is 43.2 Å². The molecule has 2 amide bonds. The SMILES string of the molecule is CCOCCCN1C(=O)C(Sc2ccccc2)=C(c2ccc([N+](=O)[O-])cc2)C1=O. The summed E-state index contributed by atoms with van der Waals surface area (Å²) in [6, 6.07) is 15.0. The van der Waals surface area contributed by atoms with Crippen molar-refractivity contribution in [2.75, 3.05) is 19.8 Å². The molecule has 1 aliphatic rings. The lowest BCUT2D eigenvalue weighted by atomic mass is 10.1. The van der Waals surface area contributed by atoms with E-state index in [9.17, 15) is 19.7 Å². The molecule has 7 nitrogen and oxygen atoms in total.